The number of nitrogens with one attached hydrogen (secondary N) is 2. The van der Waals surface area contributed by atoms with E-state index in [1.54, 1.807) is 43.6 Å². The first kappa shape index (κ1) is 18.5. The fourth-order valence-electron chi connectivity index (χ4n) is 3.20. The number of hydrogen-bond donors (Lipinski definition) is 3. The van der Waals surface area contributed by atoms with Crippen LogP contribution in [0.15, 0.2) is 54.7 Å². The molecule has 29 heavy (non-hydrogen) atoms. The van der Waals surface area contributed by atoms with Crippen molar-refractivity contribution in [3.63, 3.8) is 0 Å². The summed E-state index contributed by atoms with van der Waals surface area (Å²) in [5.41, 5.74) is 4.15. The fourth-order valence-corrected chi connectivity index (χ4v) is 3.20. The largest absolute Gasteiger partial charge is 0.507 e. The quantitative estimate of drug-likeness (QED) is 0.483. The van der Waals surface area contributed by atoms with Crippen molar-refractivity contribution in [2.24, 2.45) is 0 Å². The lowest BCUT2D eigenvalue weighted by atomic mass is 10.0. The number of carbonyl (C=O) groups excluding carboxylic acids is 1. The third kappa shape index (κ3) is 3.50. The van der Waals surface area contributed by atoms with Gasteiger partial charge in [-0.2, -0.15) is 0 Å². The van der Waals surface area contributed by atoms with Gasteiger partial charge in [-0.05, 0) is 55.0 Å². The zero-order chi connectivity index (χ0) is 20.4. The van der Waals surface area contributed by atoms with E-state index in [9.17, 15) is 9.90 Å². The molecule has 0 aliphatic rings. The lowest BCUT2D eigenvalue weighted by Crippen LogP contribution is -2.22. The van der Waals surface area contributed by atoms with E-state index in [-0.39, 0.29) is 11.7 Å². The molecule has 0 radical (unpaired) electrons. The van der Waals surface area contributed by atoms with Crippen LogP contribution in [0.3, 0.4) is 0 Å². The number of H-pyrrole nitrogens is 1. The van der Waals surface area contributed by atoms with Crippen LogP contribution in [0.2, 0.25) is 0 Å². The van der Waals surface area contributed by atoms with Gasteiger partial charge in [-0.25, -0.2) is 9.97 Å². The molecule has 4 aromatic rings. The summed E-state index contributed by atoms with van der Waals surface area (Å²) in [6, 6.07) is 14.3. The van der Waals surface area contributed by atoms with E-state index in [4.69, 9.17) is 4.74 Å². The van der Waals surface area contributed by atoms with Gasteiger partial charge in [0.15, 0.2) is 0 Å². The Morgan fingerprint density at radius 1 is 1.17 bits per heavy atom. The second-order valence-electron chi connectivity index (χ2n) is 6.47. The summed E-state index contributed by atoms with van der Waals surface area (Å²) < 4.78 is 5.34. The Bertz CT molecular complexity index is 1200. The highest BCUT2D eigenvalue weighted by Gasteiger charge is 2.15. The third-order valence-corrected chi connectivity index (χ3v) is 4.61. The molecule has 0 fully saturated rings. The molecule has 0 unspecified atom stereocenters. The molecular weight excluding hydrogens is 368 g/mol. The predicted molar refractivity (Wildman–Crippen MR) is 111 cm³/mol. The number of benzene rings is 2. The Hall–Kier alpha value is -3.87. The van der Waals surface area contributed by atoms with Gasteiger partial charge in [-0.3, -0.25) is 4.79 Å². The van der Waals surface area contributed by atoms with Crippen LogP contribution in [0.1, 0.15) is 17.3 Å². The first-order chi connectivity index (χ1) is 14.1. The Labute approximate surface area is 167 Å². The normalized spacial score (nSPS) is 10.8. The summed E-state index contributed by atoms with van der Waals surface area (Å²) in [5.74, 6) is 0.961. The fraction of sp³-hybridized carbons (Fsp3) is 0.136. The first-order valence-electron chi connectivity index (χ1n) is 9.21. The Balaban J connectivity index is 1.78. The number of aromatic hydroxyl groups is 1. The molecule has 0 saturated carbocycles. The minimum atomic E-state index is -0.146. The van der Waals surface area contributed by atoms with Crippen molar-refractivity contribution in [2.75, 3.05) is 13.7 Å². The van der Waals surface area contributed by atoms with Crippen LogP contribution in [0.5, 0.6) is 11.6 Å². The number of phenols is 1. The zero-order valence-corrected chi connectivity index (χ0v) is 16.1. The van der Waals surface area contributed by atoms with Crippen molar-refractivity contribution in [1.82, 2.24) is 20.3 Å². The van der Waals surface area contributed by atoms with Crippen LogP contribution >= 0.6 is 0 Å². The van der Waals surface area contributed by atoms with E-state index in [2.05, 4.69) is 20.3 Å². The standard InChI is InChI=1S/C22H20N4O3/c1-3-23-21(28)14-6-8-17-18(12-14)26-20(25-17)16-11-13(7-9-19(16)27)15-5-4-10-24-22(15)29-2/h4-12,27H,3H2,1-2H3,(H,23,28)(H,25,26). The zero-order valence-electron chi connectivity index (χ0n) is 16.1. The average molecular weight is 388 g/mol. The number of imidazole rings is 1. The molecule has 0 spiro atoms. The lowest BCUT2D eigenvalue weighted by Gasteiger charge is -2.09. The number of rotatable bonds is 5. The molecule has 3 N–H and O–H groups in total. The number of fused-ring (bicyclic) bond motifs is 1. The first-order valence-corrected chi connectivity index (χ1v) is 9.21. The van der Waals surface area contributed by atoms with Gasteiger partial charge >= 0.3 is 0 Å². The highest BCUT2D eigenvalue weighted by molar-refractivity contribution is 5.97. The second kappa shape index (κ2) is 7.63. The number of nitrogens with zero attached hydrogens (tertiary/aromatic N) is 2. The van der Waals surface area contributed by atoms with Crippen molar-refractivity contribution in [1.29, 1.82) is 0 Å². The van der Waals surface area contributed by atoms with Gasteiger partial charge in [0.1, 0.15) is 11.6 Å². The maximum Gasteiger partial charge on any atom is 0.251 e. The van der Waals surface area contributed by atoms with E-state index < -0.39 is 0 Å². The van der Waals surface area contributed by atoms with Crippen LogP contribution < -0.4 is 10.1 Å². The monoisotopic (exact) mass is 388 g/mol. The van der Waals surface area contributed by atoms with Gasteiger partial charge in [0.25, 0.3) is 5.91 Å². The smallest absolute Gasteiger partial charge is 0.251 e. The highest BCUT2D eigenvalue weighted by atomic mass is 16.5. The molecule has 1 amide bonds. The lowest BCUT2D eigenvalue weighted by molar-refractivity contribution is 0.0956. The van der Waals surface area contributed by atoms with E-state index in [0.717, 1.165) is 16.6 Å². The summed E-state index contributed by atoms with van der Waals surface area (Å²) in [4.78, 5) is 24.1. The Kier molecular flexibility index (Phi) is 4.87. The SMILES string of the molecule is CCNC(=O)c1ccc2[nH]c(-c3cc(-c4cccnc4OC)ccc3O)nc2c1. The van der Waals surface area contributed by atoms with Crippen molar-refractivity contribution in [3.05, 3.63) is 60.3 Å². The molecule has 0 bridgehead atoms. The number of ether oxygens (including phenoxy) is 1. The Morgan fingerprint density at radius 2 is 2.03 bits per heavy atom. The number of methoxy groups -OCH3 is 1. The molecule has 0 aliphatic carbocycles. The van der Waals surface area contributed by atoms with E-state index >= 15 is 0 Å². The molecule has 2 heterocycles. The third-order valence-electron chi connectivity index (χ3n) is 4.61. The van der Waals surface area contributed by atoms with Crippen LogP contribution in [0.25, 0.3) is 33.5 Å². The molecule has 2 aromatic carbocycles. The number of aromatic amines is 1. The number of aromatic nitrogens is 3. The average Bonchev–Trinajstić information content (AvgIpc) is 3.17. The number of hydrogen-bond acceptors (Lipinski definition) is 5. The van der Waals surface area contributed by atoms with Crippen molar-refractivity contribution < 1.29 is 14.6 Å². The van der Waals surface area contributed by atoms with E-state index in [0.29, 0.717) is 34.9 Å². The predicted octanol–water partition coefficient (Wildman–Crippen LogP) is 3.76. The van der Waals surface area contributed by atoms with E-state index in [1.165, 1.54) is 0 Å². The summed E-state index contributed by atoms with van der Waals surface area (Å²) in [5, 5.41) is 13.2. The molecule has 4 rings (SSSR count). The van der Waals surface area contributed by atoms with Gasteiger partial charge in [-0.1, -0.05) is 6.07 Å². The van der Waals surface area contributed by atoms with Gasteiger partial charge in [0.05, 0.1) is 23.7 Å². The highest BCUT2D eigenvalue weighted by Crippen LogP contribution is 2.35. The molecule has 0 aliphatic heterocycles. The summed E-state index contributed by atoms with van der Waals surface area (Å²) in [7, 11) is 1.57. The molecule has 2 aromatic heterocycles. The van der Waals surface area contributed by atoms with E-state index in [1.807, 2.05) is 25.1 Å². The van der Waals surface area contributed by atoms with Gasteiger partial charge in [0, 0.05) is 23.9 Å². The summed E-state index contributed by atoms with van der Waals surface area (Å²) in [6.45, 7) is 2.43. The summed E-state index contributed by atoms with van der Waals surface area (Å²) >= 11 is 0. The topological polar surface area (TPSA) is 100 Å². The second-order valence-corrected chi connectivity index (χ2v) is 6.47. The number of carbonyl (C=O) groups is 1. The Morgan fingerprint density at radius 3 is 2.83 bits per heavy atom. The van der Waals surface area contributed by atoms with Gasteiger partial charge < -0.3 is 20.1 Å². The molecular formula is C22H20N4O3. The van der Waals surface area contributed by atoms with Crippen molar-refractivity contribution in [2.45, 2.75) is 6.92 Å². The minimum Gasteiger partial charge on any atom is -0.507 e. The molecule has 7 nitrogen and oxygen atoms in total. The number of phenolic OH excluding ortho intramolecular Hbond substituents is 1. The van der Waals surface area contributed by atoms with Crippen molar-refractivity contribution in [3.8, 4) is 34.1 Å². The molecule has 146 valence electrons. The molecule has 0 atom stereocenters. The van der Waals surface area contributed by atoms with Crippen LogP contribution in [0.4, 0.5) is 0 Å². The summed E-state index contributed by atoms with van der Waals surface area (Å²) in [6.07, 6.45) is 1.66. The van der Waals surface area contributed by atoms with Crippen molar-refractivity contribution >= 4 is 16.9 Å². The molecule has 7 heteroatoms. The maximum absolute atomic E-state index is 12.1. The maximum atomic E-state index is 12.1. The van der Waals surface area contributed by atoms with Crippen LogP contribution in [-0.2, 0) is 0 Å². The van der Waals surface area contributed by atoms with Crippen LogP contribution in [0, 0.1) is 0 Å². The molecule has 0 saturated heterocycles. The number of amides is 1. The van der Waals surface area contributed by atoms with Crippen LogP contribution in [-0.4, -0.2) is 39.6 Å². The minimum absolute atomic E-state index is 0.0969. The van der Waals surface area contributed by atoms with Gasteiger partial charge in [0.2, 0.25) is 5.88 Å². The van der Waals surface area contributed by atoms with Gasteiger partial charge in [-0.15, -0.1) is 0 Å². The number of pyridine rings is 1.